The van der Waals surface area contributed by atoms with Crippen molar-refractivity contribution in [1.29, 1.82) is 0 Å². The molecule has 1 saturated carbocycles. The average Bonchev–Trinajstić information content (AvgIpc) is 2.95. The molecular formula is C12H11NO3. The molecule has 1 aliphatic rings. The molecule has 2 aromatic rings. The van der Waals surface area contributed by atoms with Crippen molar-refractivity contribution in [3.63, 3.8) is 0 Å². The molecule has 1 aromatic heterocycles. The van der Waals surface area contributed by atoms with E-state index in [1.54, 1.807) is 13.0 Å². The first-order valence-electron chi connectivity index (χ1n) is 5.23. The third kappa shape index (κ3) is 1.16. The van der Waals surface area contributed by atoms with Crippen LogP contribution in [0.3, 0.4) is 0 Å². The average molecular weight is 217 g/mol. The molecule has 1 N–H and O–H groups in total. The zero-order chi connectivity index (χ0) is 11.3. The zero-order valence-corrected chi connectivity index (χ0v) is 8.86. The standard InChI is InChI=1S/C12H11NO3/c1-7-13-9-6-8(2-3-10(9)16-7)12(4-5-12)11(14)15/h2-3,6H,4-5H2,1H3,(H,14,15). The molecular weight excluding hydrogens is 206 g/mol. The molecule has 4 heteroatoms. The first-order valence-corrected chi connectivity index (χ1v) is 5.23. The monoisotopic (exact) mass is 217 g/mol. The van der Waals surface area contributed by atoms with E-state index in [0.717, 1.165) is 11.1 Å². The Hall–Kier alpha value is -1.84. The van der Waals surface area contributed by atoms with Gasteiger partial charge in [-0.25, -0.2) is 4.98 Å². The number of carboxylic acid groups (broad SMARTS) is 1. The Bertz CT molecular complexity index is 581. The molecule has 4 nitrogen and oxygen atoms in total. The van der Waals surface area contributed by atoms with Crippen molar-refractivity contribution in [3.05, 3.63) is 29.7 Å². The molecule has 1 fully saturated rings. The van der Waals surface area contributed by atoms with Gasteiger partial charge in [0.2, 0.25) is 0 Å². The van der Waals surface area contributed by atoms with Gasteiger partial charge in [0.25, 0.3) is 0 Å². The summed E-state index contributed by atoms with van der Waals surface area (Å²) in [5.41, 5.74) is 1.62. The molecule has 0 saturated heterocycles. The van der Waals surface area contributed by atoms with Crippen LogP contribution in [-0.4, -0.2) is 16.1 Å². The van der Waals surface area contributed by atoms with E-state index in [2.05, 4.69) is 4.98 Å². The molecule has 3 rings (SSSR count). The lowest BCUT2D eigenvalue weighted by Crippen LogP contribution is -2.19. The molecule has 0 spiro atoms. The maximum absolute atomic E-state index is 11.2. The second-order valence-corrected chi connectivity index (χ2v) is 4.30. The highest BCUT2D eigenvalue weighted by Gasteiger charge is 2.51. The number of carbonyl (C=O) groups is 1. The fraction of sp³-hybridized carbons (Fsp3) is 0.333. The number of rotatable bonds is 2. The van der Waals surface area contributed by atoms with Gasteiger partial charge in [0.15, 0.2) is 11.5 Å². The lowest BCUT2D eigenvalue weighted by Gasteiger charge is -2.08. The van der Waals surface area contributed by atoms with Gasteiger partial charge in [-0.3, -0.25) is 4.79 Å². The van der Waals surface area contributed by atoms with Crippen molar-refractivity contribution in [3.8, 4) is 0 Å². The van der Waals surface area contributed by atoms with Gasteiger partial charge in [0.05, 0.1) is 5.41 Å². The second kappa shape index (κ2) is 2.84. The van der Waals surface area contributed by atoms with Gasteiger partial charge in [0.1, 0.15) is 5.52 Å². The Morgan fingerprint density at radius 2 is 2.25 bits per heavy atom. The van der Waals surface area contributed by atoms with Gasteiger partial charge < -0.3 is 9.52 Å². The minimum Gasteiger partial charge on any atom is -0.481 e. The third-order valence-corrected chi connectivity index (χ3v) is 3.21. The normalized spacial score (nSPS) is 17.6. The maximum atomic E-state index is 11.2. The van der Waals surface area contributed by atoms with Crippen LogP contribution in [0.4, 0.5) is 0 Å². The summed E-state index contributed by atoms with van der Waals surface area (Å²) in [7, 11) is 0. The van der Waals surface area contributed by atoms with E-state index < -0.39 is 11.4 Å². The SMILES string of the molecule is Cc1nc2cc(C3(C(=O)O)CC3)ccc2o1. The van der Waals surface area contributed by atoms with Gasteiger partial charge in [0, 0.05) is 6.92 Å². The van der Waals surface area contributed by atoms with Crippen molar-refractivity contribution in [2.75, 3.05) is 0 Å². The molecule has 0 bridgehead atoms. The molecule has 1 aromatic carbocycles. The molecule has 82 valence electrons. The van der Waals surface area contributed by atoms with Gasteiger partial charge in [-0.05, 0) is 30.5 Å². The number of carboxylic acids is 1. The fourth-order valence-corrected chi connectivity index (χ4v) is 2.09. The smallest absolute Gasteiger partial charge is 0.314 e. The summed E-state index contributed by atoms with van der Waals surface area (Å²) < 4.78 is 5.36. The van der Waals surface area contributed by atoms with Crippen LogP contribution in [0.5, 0.6) is 0 Å². The zero-order valence-electron chi connectivity index (χ0n) is 8.86. The molecule has 16 heavy (non-hydrogen) atoms. The molecule has 0 radical (unpaired) electrons. The first-order chi connectivity index (χ1) is 7.62. The minimum atomic E-state index is -0.743. The second-order valence-electron chi connectivity index (χ2n) is 4.30. The van der Waals surface area contributed by atoms with Crippen LogP contribution in [-0.2, 0) is 10.2 Å². The summed E-state index contributed by atoms with van der Waals surface area (Å²) >= 11 is 0. The van der Waals surface area contributed by atoms with Crippen molar-refractivity contribution in [2.24, 2.45) is 0 Å². The van der Waals surface area contributed by atoms with Crippen molar-refractivity contribution in [1.82, 2.24) is 4.98 Å². The van der Waals surface area contributed by atoms with Crippen LogP contribution in [0.15, 0.2) is 22.6 Å². The largest absolute Gasteiger partial charge is 0.481 e. The summed E-state index contributed by atoms with van der Waals surface area (Å²) in [5, 5.41) is 9.19. The van der Waals surface area contributed by atoms with Crippen LogP contribution in [0.1, 0.15) is 24.3 Å². The molecule has 1 aliphatic carbocycles. The highest BCUT2D eigenvalue weighted by atomic mass is 16.4. The van der Waals surface area contributed by atoms with Crippen molar-refractivity contribution < 1.29 is 14.3 Å². The van der Waals surface area contributed by atoms with E-state index in [4.69, 9.17) is 4.42 Å². The number of aromatic nitrogens is 1. The number of hydrogen-bond acceptors (Lipinski definition) is 3. The van der Waals surface area contributed by atoms with Crippen LogP contribution in [0, 0.1) is 6.92 Å². The number of aliphatic carboxylic acids is 1. The minimum absolute atomic E-state index is 0.604. The van der Waals surface area contributed by atoms with E-state index in [1.165, 1.54) is 0 Å². The Labute approximate surface area is 91.9 Å². The van der Waals surface area contributed by atoms with Crippen LogP contribution in [0.25, 0.3) is 11.1 Å². The van der Waals surface area contributed by atoms with E-state index in [9.17, 15) is 9.90 Å². The predicted octanol–water partition coefficient (Wildman–Crippen LogP) is 2.25. The van der Waals surface area contributed by atoms with Crippen molar-refractivity contribution >= 4 is 17.1 Å². The fourth-order valence-electron chi connectivity index (χ4n) is 2.09. The van der Waals surface area contributed by atoms with Gasteiger partial charge in [-0.15, -0.1) is 0 Å². The van der Waals surface area contributed by atoms with E-state index in [1.807, 2.05) is 12.1 Å². The first kappa shape index (κ1) is 9.39. The van der Waals surface area contributed by atoms with Crippen molar-refractivity contribution in [2.45, 2.75) is 25.2 Å². The Kier molecular flexibility index (Phi) is 1.67. The summed E-state index contributed by atoms with van der Waals surface area (Å²) in [6.07, 6.45) is 1.43. The van der Waals surface area contributed by atoms with Crippen LogP contribution >= 0.6 is 0 Å². The number of benzene rings is 1. The summed E-state index contributed by atoms with van der Waals surface area (Å²) in [6.45, 7) is 1.78. The Morgan fingerprint density at radius 1 is 1.50 bits per heavy atom. The van der Waals surface area contributed by atoms with E-state index >= 15 is 0 Å². The summed E-state index contributed by atoms with van der Waals surface area (Å²) in [4.78, 5) is 15.4. The predicted molar refractivity (Wildman–Crippen MR) is 57.3 cm³/mol. The highest BCUT2D eigenvalue weighted by molar-refractivity contribution is 5.86. The quantitative estimate of drug-likeness (QED) is 0.837. The molecule has 0 amide bonds. The number of aryl methyl sites for hydroxylation is 1. The van der Waals surface area contributed by atoms with Gasteiger partial charge in [-0.1, -0.05) is 6.07 Å². The lowest BCUT2D eigenvalue weighted by molar-refractivity contribution is -0.140. The number of hydrogen-bond donors (Lipinski definition) is 1. The Morgan fingerprint density at radius 3 is 2.88 bits per heavy atom. The van der Waals surface area contributed by atoms with Gasteiger partial charge in [-0.2, -0.15) is 0 Å². The lowest BCUT2D eigenvalue weighted by atomic mass is 9.96. The highest BCUT2D eigenvalue weighted by Crippen LogP contribution is 2.48. The number of fused-ring (bicyclic) bond motifs is 1. The molecule has 1 heterocycles. The molecule has 0 atom stereocenters. The van der Waals surface area contributed by atoms with E-state index in [-0.39, 0.29) is 0 Å². The van der Waals surface area contributed by atoms with Gasteiger partial charge >= 0.3 is 5.97 Å². The topological polar surface area (TPSA) is 63.3 Å². The maximum Gasteiger partial charge on any atom is 0.314 e. The Balaban J connectivity index is 2.15. The number of oxazole rings is 1. The third-order valence-electron chi connectivity index (χ3n) is 3.21. The molecule has 0 unspecified atom stereocenters. The van der Waals surface area contributed by atoms with E-state index in [0.29, 0.717) is 24.3 Å². The number of nitrogens with zero attached hydrogens (tertiary/aromatic N) is 1. The summed E-state index contributed by atoms with van der Waals surface area (Å²) in [5.74, 6) is -0.139. The molecule has 0 aliphatic heterocycles. The summed E-state index contributed by atoms with van der Waals surface area (Å²) in [6, 6.07) is 5.45. The van der Waals surface area contributed by atoms with Crippen LogP contribution in [0.2, 0.25) is 0 Å². The van der Waals surface area contributed by atoms with Crippen LogP contribution < -0.4 is 0 Å².